The molecule has 0 amide bonds. The predicted octanol–water partition coefficient (Wildman–Crippen LogP) is 0.490. The van der Waals surface area contributed by atoms with E-state index in [1.54, 1.807) is 0 Å². The van der Waals surface area contributed by atoms with Gasteiger partial charge < -0.3 is 11.5 Å². The number of hydrogen-bond donors (Lipinski definition) is 2. The highest BCUT2D eigenvalue weighted by Gasteiger charge is 2.25. The molecule has 0 aromatic heterocycles. The van der Waals surface area contributed by atoms with Crippen molar-refractivity contribution in [2.75, 3.05) is 0 Å². The fraction of sp³-hybridized carbons (Fsp3) is 0.333. The highest BCUT2D eigenvalue weighted by molar-refractivity contribution is 9.10. The number of halogens is 1. The normalized spacial score (nSPS) is 41.4. The maximum Gasteiger partial charge on any atom is 0.109 e. The zero-order chi connectivity index (χ0) is 6.91. The Morgan fingerprint density at radius 2 is 2.11 bits per heavy atom. The SMILES string of the molecule is NC1C=CC=CC1(N)Br. The predicted molar refractivity (Wildman–Crippen MR) is 42.1 cm³/mol. The van der Waals surface area contributed by atoms with Crippen LogP contribution in [-0.2, 0) is 0 Å². The summed E-state index contributed by atoms with van der Waals surface area (Å²) in [5, 5.41) is 0. The molecule has 1 rings (SSSR count). The molecular formula is C6H9BrN2. The molecule has 1 aliphatic carbocycles. The van der Waals surface area contributed by atoms with Crippen LogP contribution in [0.1, 0.15) is 0 Å². The van der Waals surface area contributed by atoms with Gasteiger partial charge in [0.25, 0.3) is 0 Å². The Balaban J connectivity index is 2.78. The summed E-state index contributed by atoms with van der Waals surface area (Å²) in [4.78, 5) is 0. The van der Waals surface area contributed by atoms with Crippen molar-refractivity contribution >= 4 is 15.9 Å². The minimum absolute atomic E-state index is 0.123. The van der Waals surface area contributed by atoms with Crippen molar-refractivity contribution in [2.45, 2.75) is 10.5 Å². The second-order valence-electron chi connectivity index (χ2n) is 2.10. The van der Waals surface area contributed by atoms with Crippen LogP contribution >= 0.6 is 15.9 Å². The summed E-state index contributed by atoms with van der Waals surface area (Å²) in [6.45, 7) is 0. The van der Waals surface area contributed by atoms with E-state index in [-0.39, 0.29) is 6.04 Å². The van der Waals surface area contributed by atoms with Crippen LogP contribution in [0, 0.1) is 0 Å². The summed E-state index contributed by atoms with van der Waals surface area (Å²) in [6.07, 6.45) is 7.45. The molecule has 0 spiro atoms. The standard InChI is InChI=1S/C6H9BrN2/c7-6(9)4-2-1-3-5(6)8/h1-5H,8-9H2. The van der Waals surface area contributed by atoms with Crippen molar-refractivity contribution in [3.8, 4) is 0 Å². The first-order valence-corrected chi connectivity index (χ1v) is 3.51. The van der Waals surface area contributed by atoms with Crippen LogP contribution in [0.2, 0.25) is 0 Å². The highest BCUT2D eigenvalue weighted by Crippen LogP contribution is 2.19. The van der Waals surface area contributed by atoms with Crippen molar-refractivity contribution in [1.29, 1.82) is 0 Å². The topological polar surface area (TPSA) is 52.0 Å². The van der Waals surface area contributed by atoms with Gasteiger partial charge in [0.1, 0.15) is 4.45 Å². The molecule has 0 saturated heterocycles. The van der Waals surface area contributed by atoms with E-state index in [0.717, 1.165) is 0 Å². The van der Waals surface area contributed by atoms with Gasteiger partial charge in [0.15, 0.2) is 0 Å². The van der Waals surface area contributed by atoms with Gasteiger partial charge in [0.05, 0.1) is 6.04 Å². The number of rotatable bonds is 0. The Kier molecular flexibility index (Phi) is 1.75. The zero-order valence-corrected chi connectivity index (χ0v) is 6.51. The lowest BCUT2D eigenvalue weighted by Crippen LogP contribution is -2.48. The molecule has 0 saturated carbocycles. The largest absolute Gasteiger partial charge is 0.322 e. The molecule has 1 aliphatic rings. The second kappa shape index (κ2) is 2.25. The summed E-state index contributed by atoms with van der Waals surface area (Å²) in [6, 6.07) is -0.123. The van der Waals surface area contributed by atoms with Crippen molar-refractivity contribution in [3.05, 3.63) is 24.3 Å². The second-order valence-corrected chi connectivity index (χ2v) is 3.47. The number of alkyl halides is 1. The van der Waals surface area contributed by atoms with Gasteiger partial charge in [-0.15, -0.1) is 0 Å². The third-order valence-corrected chi connectivity index (χ3v) is 2.09. The Morgan fingerprint density at radius 1 is 1.44 bits per heavy atom. The average Bonchev–Trinajstić information content (AvgIpc) is 1.77. The lowest BCUT2D eigenvalue weighted by molar-refractivity contribution is 0.659. The van der Waals surface area contributed by atoms with Gasteiger partial charge >= 0.3 is 0 Å². The minimum atomic E-state index is -0.540. The van der Waals surface area contributed by atoms with Crippen LogP contribution in [0.15, 0.2) is 24.3 Å². The minimum Gasteiger partial charge on any atom is -0.322 e. The first-order chi connectivity index (χ1) is 4.13. The Bertz CT molecular complexity index is 160. The van der Waals surface area contributed by atoms with Crippen molar-refractivity contribution < 1.29 is 0 Å². The summed E-state index contributed by atoms with van der Waals surface area (Å²) in [5.74, 6) is 0. The molecular weight excluding hydrogens is 180 g/mol. The van der Waals surface area contributed by atoms with Crippen molar-refractivity contribution in [1.82, 2.24) is 0 Å². The van der Waals surface area contributed by atoms with Gasteiger partial charge in [-0.2, -0.15) is 0 Å². The van der Waals surface area contributed by atoms with E-state index in [4.69, 9.17) is 11.5 Å². The lowest BCUT2D eigenvalue weighted by atomic mass is 10.1. The fourth-order valence-corrected chi connectivity index (χ4v) is 0.951. The summed E-state index contributed by atoms with van der Waals surface area (Å²) >= 11 is 3.27. The molecule has 0 aromatic carbocycles. The molecule has 50 valence electrons. The Labute approximate surface area is 62.7 Å². The first-order valence-electron chi connectivity index (χ1n) is 2.72. The van der Waals surface area contributed by atoms with Gasteiger partial charge in [-0.25, -0.2) is 0 Å². The summed E-state index contributed by atoms with van der Waals surface area (Å²) < 4.78 is -0.540. The van der Waals surface area contributed by atoms with Crippen LogP contribution < -0.4 is 11.5 Å². The van der Waals surface area contributed by atoms with Gasteiger partial charge in [-0.1, -0.05) is 40.2 Å². The van der Waals surface area contributed by atoms with Gasteiger partial charge in [0.2, 0.25) is 0 Å². The van der Waals surface area contributed by atoms with Crippen LogP contribution in [0.3, 0.4) is 0 Å². The zero-order valence-electron chi connectivity index (χ0n) is 4.92. The molecule has 0 fully saturated rings. The number of allylic oxidation sites excluding steroid dienone is 2. The Hall–Kier alpha value is -0.120. The van der Waals surface area contributed by atoms with E-state index in [0.29, 0.717) is 0 Å². The molecule has 2 nitrogen and oxygen atoms in total. The van der Waals surface area contributed by atoms with E-state index in [2.05, 4.69) is 15.9 Å². The number of hydrogen-bond acceptors (Lipinski definition) is 2. The van der Waals surface area contributed by atoms with E-state index < -0.39 is 4.45 Å². The Morgan fingerprint density at radius 3 is 2.44 bits per heavy atom. The van der Waals surface area contributed by atoms with Crippen LogP contribution in [-0.4, -0.2) is 10.5 Å². The molecule has 0 heterocycles. The summed E-state index contributed by atoms with van der Waals surface area (Å²) in [5.41, 5.74) is 11.3. The molecule has 9 heavy (non-hydrogen) atoms. The first kappa shape index (κ1) is 6.99. The van der Waals surface area contributed by atoms with E-state index in [9.17, 15) is 0 Å². The van der Waals surface area contributed by atoms with E-state index >= 15 is 0 Å². The fourth-order valence-electron chi connectivity index (χ4n) is 0.645. The molecule has 4 N–H and O–H groups in total. The highest BCUT2D eigenvalue weighted by atomic mass is 79.9. The average molecular weight is 189 g/mol. The van der Waals surface area contributed by atoms with Crippen molar-refractivity contribution in [3.63, 3.8) is 0 Å². The third kappa shape index (κ3) is 1.41. The molecule has 0 radical (unpaired) electrons. The van der Waals surface area contributed by atoms with Crippen LogP contribution in [0.4, 0.5) is 0 Å². The molecule has 0 bridgehead atoms. The molecule has 2 unspecified atom stereocenters. The van der Waals surface area contributed by atoms with Crippen molar-refractivity contribution in [2.24, 2.45) is 11.5 Å². The van der Waals surface area contributed by atoms with E-state index in [1.165, 1.54) is 0 Å². The van der Waals surface area contributed by atoms with Gasteiger partial charge in [-0.05, 0) is 0 Å². The van der Waals surface area contributed by atoms with Crippen LogP contribution in [0.5, 0.6) is 0 Å². The maximum atomic E-state index is 5.67. The van der Waals surface area contributed by atoms with Gasteiger partial charge in [0, 0.05) is 0 Å². The lowest BCUT2D eigenvalue weighted by Gasteiger charge is -2.25. The van der Waals surface area contributed by atoms with E-state index in [1.807, 2.05) is 24.3 Å². The molecule has 0 aliphatic heterocycles. The molecule has 2 atom stereocenters. The summed E-state index contributed by atoms with van der Waals surface area (Å²) in [7, 11) is 0. The van der Waals surface area contributed by atoms with Crippen LogP contribution in [0.25, 0.3) is 0 Å². The quantitative estimate of drug-likeness (QED) is 0.430. The van der Waals surface area contributed by atoms with Gasteiger partial charge in [-0.3, -0.25) is 0 Å². The third-order valence-electron chi connectivity index (χ3n) is 1.29. The molecule has 3 heteroatoms. The maximum absolute atomic E-state index is 5.67. The molecule has 0 aromatic rings. The smallest absolute Gasteiger partial charge is 0.109 e. The number of nitrogens with two attached hydrogens (primary N) is 2. The monoisotopic (exact) mass is 188 g/mol.